The van der Waals surface area contributed by atoms with E-state index >= 15 is 0 Å². The van der Waals surface area contributed by atoms with Gasteiger partial charge in [-0.15, -0.1) is 0 Å². The van der Waals surface area contributed by atoms with E-state index in [0.29, 0.717) is 6.04 Å². The Morgan fingerprint density at radius 1 is 1.10 bits per heavy atom. The van der Waals surface area contributed by atoms with Crippen LogP contribution in [0.15, 0.2) is 0 Å². The second-order valence-corrected chi connectivity index (χ2v) is 7.37. The minimum atomic E-state index is -0.0236. The average molecular weight is 299 g/mol. The van der Waals surface area contributed by atoms with Gasteiger partial charge in [-0.2, -0.15) is 0 Å². The van der Waals surface area contributed by atoms with E-state index in [1.807, 2.05) is 7.11 Å². The molecule has 1 aliphatic heterocycles. The van der Waals surface area contributed by atoms with Crippen molar-refractivity contribution in [1.29, 1.82) is 0 Å². The van der Waals surface area contributed by atoms with Crippen molar-refractivity contribution in [1.82, 2.24) is 10.2 Å². The van der Waals surface area contributed by atoms with Crippen molar-refractivity contribution in [3.63, 3.8) is 0 Å². The minimum Gasteiger partial charge on any atom is -0.379 e. The zero-order valence-corrected chi connectivity index (χ0v) is 15.3. The Morgan fingerprint density at radius 3 is 2.19 bits per heavy atom. The fraction of sp³-hybridized carbons (Fsp3) is 1.00. The van der Waals surface area contributed by atoms with Crippen molar-refractivity contribution < 1.29 is 4.74 Å². The monoisotopic (exact) mass is 298 g/mol. The smallest absolute Gasteiger partial charge is 0.0623 e. The highest BCUT2D eigenvalue weighted by molar-refractivity contribution is 4.97. The predicted molar refractivity (Wildman–Crippen MR) is 91.9 cm³/mol. The van der Waals surface area contributed by atoms with E-state index < -0.39 is 0 Å². The van der Waals surface area contributed by atoms with Gasteiger partial charge in [0, 0.05) is 18.7 Å². The predicted octanol–water partition coefficient (Wildman–Crippen LogP) is 3.82. The Balaban J connectivity index is 2.77. The Morgan fingerprint density at radius 2 is 1.71 bits per heavy atom. The van der Waals surface area contributed by atoms with Gasteiger partial charge in [-0.3, -0.25) is 4.90 Å². The molecular formula is C18H38N2O. The number of likely N-dealkylation sites (N-methyl/N-ethyl adjacent to an activating group) is 1. The first-order chi connectivity index (χ1) is 9.89. The molecule has 0 aromatic carbocycles. The molecule has 0 amide bonds. The first-order valence-electron chi connectivity index (χ1n) is 8.93. The molecule has 2 unspecified atom stereocenters. The van der Waals surface area contributed by atoms with E-state index in [1.54, 1.807) is 0 Å². The van der Waals surface area contributed by atoms with Crippen molar-refractivity contribution in [2.45, 2.75) is 90.3 Å². The molecule has 126 valence electrons. The van der Waals surface area contributed by atoms with Crippen LogP contribution >= 0.6 is 0 Å². The maximum atomic E-state index is 5.62. The number of nitrogens with one attached hydrogen (secondary N) is 1. The molecule has 0 aromatic heterocycles. The molecule has 1 heterocycles. The summed E-state index contributed by atoms with van der Waals surface area (Å²) < 4.78 is 5.62. The minimum absolute atomic E-state index is 0.0236. The molecule has 1 rings (SSSR count). The SMILES string of the molecule is CCNC(CCC(C)(C)OC)C(C)(CC)N1CCCCC1. The highest BCUT2D eigenvalue weighted by Gasteiger charge is 2.38. The van der Waals surface area contributed by atoms with Gasteiger partial charge in [-0.1, -0.05) is 20.3 Å². The van der Waals surface area contributed by atoms with E-state index in [4.69, 9.17) is 4.74 Å². The summed E-state index contributed by atoms with van der Waals surface area (Å²) in [6.45, 7) is 15.0. The molecule has 2 atom stereocenters. The molecule has 1 saturated heterocycles. The van der Waals surface area contributed by atoms with Crippen LogP contribution in [0, 0.1) is 0 Å². The van der Waals surface area contributed by atoms with E-state index in [9.17, 15) is 0 Å². The number of ether oxygens (including phenoxy) is 1. The first kappa shape index (κ1) is 18.9. The van der Waals surface area contributed by atoms with Gasteiger partial charge in [0.05, 0.1) is 5.60 Å². The van der Waals surface area contributed by atoms with Crippen molar-refractivity contribution in [3.8, 4) is 0 Å². The van der Waals surface area contributed by atoms with Crippen molar-refractivity contribution >= 4 is 0 Å². The summed E-state index contributed by atoms with van der Waals surface area (Å²) in [5.74, 6) is 0. The zero-order chi connectivity index (χ0) is 15.9. The number of piperidine rings is 1. The maximum Gasteiger partial charge on any atom is 0.0623 e. The maximum absolute atomic E-state index is 5.62. The number of likely N-dealkylation sites (tertiary alicyclic amines) is 1. The van der Waals surface area contributed by atoms with Crippen LogP contribution < -0.4 is 5.32 Å². The molecule has 0 spiro atoms. The van der Waals surface area contributed by atoms with Gasteiger partial charge in [-0.25, -0.2) is 0 Å². The lowest BCUT2D eigenvalue weighted by Gasteiger charge is -2.49. The molecular weight excluding hydrogens is 260 g/mol. The lowest BCUT2D eigenvalue weighted by Crippen LogP contribution is -2.60. The van der Waals surface area contributed by atoms with Crippen LogP contribution in [0.4, 0.5) is 0 Å². The summed E-state index contributed by atoms with van der Waals surface area (Å²) in [5, 5.41) is 3.77. The van der Waals surface area contributed by atoms with Crippen LogP contribution in [0.25, 0.3) is 0 Å². The highest BCUT2D eigenvalue weighted by Crippen LogP contribution is 2.31. The molecule has 0 saturated carbocycles. The summed E-state index contributed by atoms with van der Waals surface area (Å²) in [6, 6.07) is 0.542. The van der Waals surface area contributed by atoms with Crippen molar-refractivity contribution in [2.75, 3.05) is 26.7 Å². The van der Waals surface area contributed by atoms with Gasteiger partial charge in [0.25, 0.3) is 0 Å². The second kappa shape index (κ2) is 8.50. The Bertz CT molecular complexity index is 287. The summed E-state index contributed by atoms with van der Waals surface area (Å²) in [6.07, 6.45) is 7.60. The van der Waals surface area contributed by atoms with Crippen LogP contribution in [0.1, 0.15) is 73.1 Å². The Kier molecular flexibility index (Phi) is 7.66. The third-order valence-corrected chi connectivity index (χ3v) is 5.58. The number of nitrogens with zero attached hydrogens (tertiary/aromatic N) is 1. The molecule has 3 nitrogen and oxygen atoms in total. The zero-order valence-electron chi connectivity index (χ0n) is 15.3. The van der Waals surface area contributed by atoms with Gasteiger partial charge in [0.1, 0.15) is 0 Å². The van der Waals surface area contributed by atoms with Gasteiger partial charge >= 0.3 is 0 Å². The summed E-state index contributed by atoms with van der Waals surface area (Å²) in [5.41, 5.74) is 0.241. The van der Waals surface area contributed by atoms with E-state index in [2.05, 4.69) is 44.8 Å². The Labute approximate surface area is 132 Å². The van der Waals surface area contributed by atoms with Crippen molar-refractivity contribution in [2.24, 2.45) is 0 Å². The fourth-order valence-corrected chi connectivity index (χ4v) is 3.57. The molecule has 3 heteroatoms. The molecule has 0 aliphatic carbocycles. The molecule has 0 aromatic rings. The number of methoxy groups -OCH3 is 1. The van der Waals surface area contributed by atoms with Crippen LogP contribution in [-0.2, 0) is 4.74 Å². The highest BCUT2D eigenvalue weighted by atomic mass is 16.5. The third-order valence-electron chi connectivity index (χ3n) is 5.58. The third kappa shape index (κ3) is 5.22. The van der Waals surface area contributed by atoms with Crippen LogP contribution in [0.3, 0.4) is 0 Å². The lowest BCUT2D eigenvalue weighted by atomic mass is 9.81. The Hall–Kier alpha value is -0.120. The molecule has 0 radical (unpaired) electrons. The quantitative estimate of drug-likeness (QED) is 0.700. The molecule has 1 fully saturated rings. The summed E-state index contributed by atoms with van der Waals surface area (Å²) >= 11 is 0. The fourth-order valence-electron chi connectivity index (χ4n) is 3.57. The number of hydrogen-bond acceptors (Lipinski definition) is 3. The lowest BCUT2D eigenvalue weighted by molar-refractivity contribution is -0.00320. The summed E-state index contributed by atoms with van der Waals surface area (Å²) in [4.78, 5) is 2.74. The van der Waals surface area contributed by atoms with Gasteiger partial charge in [-0.05, 0) is 72.5 Å². The molecule has 1 N–H and O–H groups in total. The first-order valence-corrected chi connectivity index (χ1v) is 8.93. The average Bonchev–Trinajstić information content (AvgIpc) is 2.51. The van der Waals surface area contributed by atoms with Crippen LogP contribution in [-0.4, -0.2) is 48.8 Å². The molecule has 21 heavy (non-hydrogen) atoms. The topological polar surface area (TPSA) is 24.5 Å². The normalized spacial score (nSPS) is 22.0. The summed E-state index contributed by atoms with van der Waals surface area (Å²) in [7, 11) is 1.83. The van der Waals surface area contributed by atoms with Crippen LogP contribution in [0.5, 0.6) is 0 Å². The van der Waals surface area contributed by atoms with Gasteiger partial charge in [0.15, 0.2) is 0 Å². The number of rotatable bonds is 9. The van der Waals surface area contributed by atoms with E-state index in [0.717, 1.165) is 13.0 Å². The van der Waals surface area contributed by atoms with E-state index in [-0.39, 0.29) is 11.1 Å². The van der Waals surface area contributed by atoms with Crippen molar-refractivity contribution in [3.05, 3.63) is 0 Å². The standard InChI is InChI=1S/C18H38N2O/c1-7-18(5,20-14-10-9-11-15-20)16(19-8-2)12-13-17(3,4)21-6/h16,19H,7-15H2,1-6H3. The van der Waals surface area contributed by atoms with E-state index in [1.165, 1.54) is 45.2 Å². The number of hydrogen-bond donors (Lipinski definition) is 1. The molecule has 0 bridgehead atoms. The van der Waals surface area contributed by atoms with Gasteiger partial charge in [0.2, 0.25) is 0 Å². The second-order valence-electron chi connectivity index (χ2n) is 7.37. The largest absolute Gasteiger partial charge is 0.379 e. The molecule has 1 aliphatic rings. The van der Waals surface area contributed by atoms with Gasteiger partial charge < -0.3 is 10.1 Å². The van der Waals surface area contributed by atoms with Crippen LogP contribution in [0.2, 0.25) is 0 Å².